The van der Waals surface area contributed by atoms with Crippen molar-refractivity contribution in [2.75, 3.05) is 18.5 Å². The van der Waals surface area contributed by atoms with E-state index >= 15 is 0 Å². The summed E-state index contributed by atoms with van der Waals surface area (Å²) in [6.07, 6.45) is 2.06. The fraction of sp³-hybridized carbons (Fsp3) is 0.257. The fourth-order valence-corrected chi connectivity index (χ4v) is 4.69. The molecular weight excluding hydrogens is 544 g/mol. The van der Waals surface area contributed by atoms with Gasteiger partial charge in [-0.1, -0.05) is 42.8 Å². The van der Waals surface area contributed by atoms with Crippen molar-refractivity contribution < 1.29 is 29.0 Å². The standard InChI is InChI=1S/C35H36N2O6/c1-5-24(35(40)41)18-23-10-14-29-28(19-23)27(25-11-8-22(4)9-12-25)21-33(36-29)37-34(39)17-15-30(38)26-13-16-31(42-6-2)32(20-26)43-7-3/h8-14,16,18-21H,5-7,15,17H2,1-4H3,(H,40,41)(H,36,37,39). The van der Waals surface area contributed by atoms with E-state index in [9.17, 15) is 19.5 Å². The molecule has 3 aromatic carbocycles. The van der Waals surface area contributed by atoms with Crippen molar-refractivity contribution >= 4 is 40.5 Å². The van der Waals surface area contributed by atoms with Gasteiger partial charge >= 0.3 is 5.97 Å². The summed E-state index contributed by atoms with van der Waals surface area (Å²) in [6.45, 7) is 8.46. The number of rotatable bonds is 13. The van der Waals surface area contributed by atoms with Crippen LogP contribution in [0.3, 0.4) is 0 Å². The van der Waals surface area contributed by atoms with Gasteiger partial charge < -0.3 is 19.9 Å². The molecule has 0 aliphatic rings. The van der Waals surface area contributed by atoms with Gasteiger partial charge in [0.2, 0.25) is 5.91 Å². The highest BCUT2D eigenvalue weighted by Crippen LogP contribution is 2.32. The molecule has 2 N–H and O–H groups in total. The summed E-state index contributed by atoms with van der Waals surface area (Å²) in [5.74, 6) is -0.0343. The molecule has 8 heteroatoms. The SMILES string of the molecule is CCOc1ccc(C(=O)CCC(=O)Nc2cc(-c3ccc(C)cc3)c3cc(C=C(CC)C(=O)O)ccc3n2)cc1OCC. The molecular formula is C35H36N2O6. The molecule has 0 bridgehead atoms. The maximum Gasteiger partial charge on any atom is 0.331 e. The van der Waals surface area contributed by atoms with Crippen LogP contribution in [-0.4, -0.2) is 41.0 Å². The Morgan fingerprint density at radius 1 is 0.860 bits per heavy atom. The molecule has 1 aromatic heterocycles. The number of carboxylic acid groups (broad SMARTS) is 1. The normalized spacial score (nSPS) is 11.3. The summed E-state index contributed by atoms with van der Waals surface area (Å²) < 4.78 is 11.2. The molecule has 0 atom stereocenters. The van der Waals surface area contributed by atoms with Gasteiger partial charge in [0.05, 0.1) is 18.7 Å². The third-order valence-corrected chi connectivity index (χ3v) is 6.90. The maximum atomic E-state index is 12.9. The van der Waals surface area contributed by atoms with Gasteiger partial charge in [0.1, 0.15) is 5.82 Å². The Labute approximate surface area is 251 Å². The number of aryl methyl sites for hydroxylation is 1. The van der Waals surface area contributed by atoms with Crippen molar-refractivity contribution in [2.24, 2.45) is 0 Å². The molecule has 0 saturated heterocycles. The van der Waals surface area contributed by atoms with Crippen LogP contribution < -0.4 is 14.8 Å². The molecule has 4 aromatic rings. The van der Waals surface area contributed by atoms with Crippen LogP contribution in [0.2, 0.25) is 0 Å². The monoisotopic (exact) mass is 580 g/mol. The van der Waals surface area contributed by atoms with Crippen molar-refractivity contribution in [1.82, 2.24) is 4.98 Å². The molecule has 222 valence electrons. The van der Waals surface area contributed by atoms with Gasteiger partial charge in [-0.05, 0) is 86.4 Å². The number of anilines is 1. The molecule has 4 rings (SSSR count). The number of carbonyl (C=O) groups excluding carboxylic acids is 2. The van der Waals surface area contributed by atoms with Crippen LogP contribution in [0.1, 0.15) is 61.5 Å². The summed E-state index contributed by atoms with van der Waals surface area (Å²) in [5.41, 5.74) is 5.04. The van der Waals surface area contributed by atoms with Gasteiger partial charge in [-0.3, -0.25) is 9.59 Å². The maximum absolute atomic E-state index is 12.9. The predicted octanol–water partition coefficient (Wildman–Crippen LogP) is 7.49. The van der Waals surface area contributed by atoms with Crippen molar-refractivity contribution in [3.8, 4) is 22.6 Å². The molecule has 0 spiro atoms. The quantitative estimate of drug-likeness (QED) is 0.124. The molecule has 0 saturated carbocycles. The van der Waals surface area contributed by atoms with Crippen LogP contribution >= 0.6 is 0 Å². The number of nitrogens with one attached hydrogen (secondary N) is 1. The van der Waals surface area contributed by atoms with E-state index in [1.54, 1.807) is 37.3 Å². The number of nitrogens with zero attached hydrogens (tertiary/aromatic N) is 1. The van der Waals surface area contributed by atoms with Crippen molar-refractivity contribution in [3.05, 3.63) is 89.0 Å². The summed E-state index contributed by atoms with van der Waals surface area (Å²) in [4.78, 5) is 42.1. The van der Waals surface area contributed by atoms with E-state index in [2.05, 4.69) is 10.3 Å². The van der Waals surface area contributed by atoms with Crippen LogP contribution in [0.25, 0.3) is 28.1 Å². The van der Waals surface area contributed by atoms with E-state index in [0.29, 0.717) is 53.6 Å². The summed E-state index contributed by atoms with van der Waals surface area (Å²) >= 11 is 0. The summed E-state index contributed by atoms with van der Waals surface area (Å²) in [5, 5.41) is 13.2. The smallest absolute Gasteiger partial charge is 0.331 e. The lowest BCUT2D eigenvalue weighted by Gasteiger charge is -2.13. The van der Waals surface area contributed by atoms with Gasteiger partial charge in [0.25, 0.3) is 0 Å². The Hall–Kier alpha value is -4.98. The van der Waals surface area contributed by atoms with E-state index < -0.39 is 5.97 Å². The number of fused-ring (bicyclic) bond motifs is 1. The minimum atomic E-state index is -0.951. The number of aromatic nitrogens is 1. The van der Waals surface area contributed by atoms with Crippen LogP contribution in [0.4, 0.5) is 5.82 Å². The topological polar surface area (TPSA) is 115 Å². The zero-order valence-electron chi connectivity index (χ0n) is 24.9. The number of hydrogen-bond donors (Lipinski definition) is 2. The number of carboxylic acids is 1. The second kappa shape index (κ2) is 14.3. The number of carbonyl (C=O) groups is 3. The number of Topliss-reactive ketones (excluding diaryl/α,β-unsaturated/α-hetero) is 1. The molecule has 0 fully saturated rings. The number of hydrogen-bond acceptors (Lipinski definition) is 6. The van der Waals surface area contributed by atoms with Crippen LogP contribution in [0, 0.1) is 6.92 Å². The molecule has 0 aliphatic heterocycles. The van der Waals surface area contributed by atoms with Gasteiger partial charge in [-0.15, -0.1) is 0 Å². The van der Waals surface area contributed by atoms with E-state index in [1.807, 2.05) is 63.2 Å². The Bertz CT molecular complexity index is 1670. The fourth-order valence-electron chi connectivity index (χ4n) is 4.69. The lowest BCUT2D eigenvalue weighted by atomic mass is 9.98. The number of pyridine rings is 1. The van der Waals surface area contributed by atoms with Crippen molar-refractivity contribution in [2.45, 2.75) is 47.0 Å². The van der Waals surface area contributed by atoms with E-state index in [1.165, 1.54) is 0 Å². The number of ketones is 1. The molecule has 0 radical (unpaired) electrons. The lowest BCUT2D eigenvalue weighted by Crippen LogP contribution is -2.14. The van der Waals surface area contributed by atoms with Gasteiger partial charge in [-0.25, -0.2) is 9.78 Å². The molecule has 0 aliphatic carbocycles. The molecule has 8 nitrogen and oxygen atoms in total. The number of aliphatic carboxylic acids is 1. The first kappa shape index (κ1) is 31.0. The highest BCUT2D eigenvalue weighted by molar-refractivity contribution is 6.02. The van der Waals surface area contributed by atoms with Crippen LogP contribution in [0.5, 0.6) is 11.5 Å². The first-order valence-electron chi connectivity index (χ1n) is 14.4. The number of ether oxygens (including phenoxy) is 2. The summed E-state index contributed by atoms with van der Waals surface area (Å²) in [7, 11) is 0. The van der Waals surface area contributed by atoms with E-state index in [0.717, 1.165) is 27.6 Å². The minimum Gasteiger partial charge on any atom is -0.490 e. The Morgan fingerprint density at radius 3 is 2.26 bits per heavy atom. The number of amides is 1. The Kier molecular flexibility index (Phi) is 10.3. The Morgan fingerprint density at radius 2 is 1.58 bits per heavy atom. The molecule has 43 heavy (non-hydrogen) atoms. The van der Waals surface area contributed by atoms with Crippen molar-refractivity contribution in [3.63, 3.8) is 0 Å². The second-order valence-corrected chi connectivity index (χ2v) is 10.0. The predicted molar refractivity (Wildman–Crippen MR) is 169 cm³/mol. The summed E-state index contributed by atoms with van der Waals surface area (Å²) in [6, 6.07) is 20.4. The highest BCUT2D eigenvalue weighted by Gasteiger charge is 2.16. The first-order valence-corrected chi connectivity index (χ1v) is 14.4. The third-order valence-electron chi connectivity index (χ3n) is 6.90. The highest BCUT2D eigenvalue weighted by atomic mass is 16.5. The molecule has 1 amide bonds. The van der Waals surface area contributed by atoms with Gasteiger partial charge in [-0.2, -0.15) is 0 Å². The van der Waals surface area contributed by atoms with Crippen LogP contribution in [0.15, 0.2) is 72.3 Å². The van der Waals surface area contributed by atoms with Crippen molar-refractivity contribution in [1.29, 1.82) is 0 Å². The largest absolute Gasteiger partial charge is 0.490 e. The first-order chi connectivity index (χ1) is 20.7. The molecule has 1 heterocycles. The zero-order chi connectivity index (χ0) is 30.9. The average molecular weight is 581 g/mol. The lowest BCUT2D eigenvalue weighted by molar-refractivity contribution is -0.132. The average Bonchev–Trinajstić information content (AvgIpc) is 2.99. The van der Waals surface area contributed by atoms with E-state index in [4.69, 9.17) is 9.47 Å². The van der Waals surface area contributed by atoms with Gasteiger partial charge in [0.15, 0.2) is 17.3 Å². The van der Waals surface area contributed by atoms with E-state index in [-0.39, 0.29) is 24.5 Å². The van der Waals surface area contributed by atoms with Gasteiger partial charge in [0, 0.05) is 29.4 Å². The third kappa shape index (κ3) is 7.86. The number of benzene rings is 3. The van der Waals surface area contributed by atoms with Crippen LogP contribution in [-0.2, 0) is 9.59 Å². The zero-order valence-corrected chi connectivity index (χ0v) is 24.9. The Balaban J connectivity index is 1.58. The second-order valence-electron chi connectivity index (χ2n) is 10.0. The molecule has 0 unspecified atom stereocenters. The minimum absolute atomic E-state index is 0.0167.